The van der Waals surface area contributed by atoms with Gasteiger partial charge in [-0.2, -0.15) is 5.26 Å². The number of nitrogens with zero attached hydrogens (tertiary/aromatic N) is 2. The van der Waals surface area contributed by atoms with Crippen molar-refractivity contribution in [2.24, 2.45) is 5.92 Å². The Labute approximate surface area is 125 Å². The van der Waals surface area contributed by atoms with Crippen LogP contribution in [0.1, 0.15) is 66.7 Å². The molecule has 2 unspecified atom stereocenters. The van der Waals surface area contributed by atoms with Crippen molar-refractivity contribution in [3.05, 3.63) is 0 Å². The number of hydrogen-bond donors (Lipinski definition) is 1. The van der Waals surface area contributed by atoms with E-state index in [9.17, 15) is 5.26 Å². The van der Waals surface area contributed by atoms with Crippen LogP contribution in [-0.4, -0.2) is 35.6 Å². The van der Waals surface area contributed by atoms with Gasteiger partial charge in [-0.05, 0) is 72.4 Å². The standard InChI is InChI=1S/C17H33N3/c1-6-11-20(15(4)5)12-9-16-8-7-10-17(16,13-18)19-14(2)3/h14-16,19H,6-12H2,1-5H3. The first kappa shape index (κ1) is 17.5. The first-order chi connectivity index (χ1) is 9.45. The molecule has 1 N–H and O–H groups in total. The molecular formula is C17H33N3. The van der Waals surface area contributed by atoms with Crippen molar-refractivity contribution in [1.29, 1.82) is 5.26 Å². The monoisotopic (exact) mass is 279 g/mol. The SMILES string of the molecule is CCCN(CCC1CCCC1(C#N)NC(C)C)C(C)C. The molecule has 0 aromatic heterocycles. The van der Waals surface area contributed by atoms with Crippen LogP contribution in [-0.2, 0) is 0 Å². The van der Waals surface area contributed by atoms with Crippen LogP contribution < -0.4 is 5.32 Å². The van der Waals surface area contributed by atoms with E-state index in [2.05, 4.69) is 50.9 Å². The predicted octanol–water partition coefficient (Wildman–Crippen LogP) is 3.56. The fourth-order valence-corrected chi connectivity index (χ4v) is 3.59. The molecule has 1 aliphatic carbocycles. The van der Waals surface area contributed by atoms with Crippen molar-refractivity contribution >= 4 is 0 Å². The van der Waals surface area contributed by atoms with Gasteiger partial charge in [0.15, 0.2) is 0 Å². The van der Waals surface area contributed by atoms with Crippen LogP contribution in [0.2, 0.25) is 0 Å². The Morgan fingerprint density at radius 2 is 2.00 bits per heavy atom. The van der Waals surface area contributed by atoms with Crippen LogP contribution >= 0.6 is 0 Å². The lowest BCUT2D eigenvalue weighted by atomic mass is 9.85. The minimum absolute atomic E-state index is 0.275. The van der Waals surface area contributed by atoms with Gasteiger partial charge in [-0.3, -0.25) is 5.32 Å². The van der Waals surface area contributed by atoms with Crippen molar-refractivity contribution in [1.82, 2.24) is 10.2 Å². The number of rotatable bonds is 8. The summed E-state index contributed by atoms with van der Waals surface area (Å²) in [5, 5.41) is 13.2. The highest BCUT2D eigenvalue weighted by atomic mass is 15.1. The number of hydrogen-bond acceptors (Lipinski definition) is 3. The Balaban J connectivity index is 2.63. The van der Waals surface area contributed by atoms with E-state index < -0.39 is 0 Å². The van der Waals surface area contributed by atoms with E-state index in [1.807, 2.05) is 0 Å². The van der Waals surface area contributed by atoms with Crippen LogP contribution in [0, 0.1) is 17.2 Å². The maximum atomic E-state index is 9.69. The summed E-state index contributed by atoms with van der Waals surface area (Å²) in [5.41, 5.74) is -0.275. The molecule has 0 aromatic rings. The molecule has 0 saturated heterocycles. The van der Waals surface area contributed by atoms with Gasteiger partial charge in [0.2, 0.25) is 0 Å². The fraction of sp³-hybridized carbons (Fsp3) is 0.941. The Hall–Kier alpha value is -0.590. The Kier molecular flexibility index (Phi) is 6.99. The zero-order chi connectivity index (χ0) is 15.2. The van der Waals surface area contributed by atoms with Gasteiger partial charge in [-0.25, -0.2) is 0 Å². The quantitative estimate of drug-likeness (QED) is 0.738. The summed E-state index contributed by atoms with van der Waals surface area (Å²) >= 11 is 0. The van der Waals surface area contributed by atoms with Crippen LogP contribution in [0.25, 0.3) is 0 Å². The van der Waals surface area contributed by atoms with Gasteiger partial charge in [0.1, 0.15) is 5.54 Å². The Morgan fingerprint density at radius 1 is 1.30 bits per heavy atom. The second-order valence-electron chi connectivity index (χ2n) is 6.89. The second kappa shape index (κ2) is 8.00. The summed E-state index contributed by atoms with van der Waals surface area (Å²) in [5.74, 6) is 0.507. The highest BCUT2D eigenvalue weighted by Gasteiger charge is 2.43. The Bertz CT molecular complexity index is 319. The number of nitriles is 1. The van der Waals surface area contributed by atoms with Crippen LogP contribution in [0.3, 0.4) is 0 Å². The average molecular weight is 279 g/mol. The molecule has 1 rings (SSSR count). The molecule has 116 valence electrons. The molecule has 3 nitrogen and oxygen atoms in total. The fourth-order valence-electron chi connectivity index (χ4n) is 3.59. The second-order valence-corrected chi connectivity index (χ2v) is 6.89. The van der Waals surface area contributed by atoms with Gasteiger partial charge in [-0.15, -0.1) is 0 Å². The van der Waals surface area contributed by atoms with Crippen molar-refractivity contribution < 1.29 is 0 Å². The van der Waals surface area contributed by atoms with E-state index in [0.717, 1.165) is 19.4 Å². The lowest BCUT2D eigenvalue weighted by Crippen LogP contribution is -2.51. The summed E-state index contributed by atoms with van der Waals surface area (Å²) < 4.78 is 0. The van der Waals surface area contributed by atoms with Gasteiger partial charge in [0, 0.05) is 12.1 Å². The van der Waals surface area contributed by atoms with Gasteiger partial charge in [0.25, 0.3) is 0 Å². The van der Waals surface area contributed by atoms with Crippen molar-refractivity contribution in [2.45, 2.75) is 84.3 Å². The molecule has 0 aromatic carbocycles. The third kappa shape index (κ3) is 4.46. The minimum atomic E-state index is -0.275. The van der Waals surface area contributed by atoms with E-state index in [1.165, 1.54) is 25.8 Å². The van der Waals surface area contributed by atoms with E-state index >= 15 is 0 Å². The molecule has 20 heavy (non-hydrogen) atoms. The number of nitrogens with one attached hydrogen (secondary N) is 1. The summed E-state index contributed by atoms with van der Waals surface area (Å²) in [6.45, 7) is 13.4. The summed E-state index contributed by atoms with van der Waals surface area (Å²) in [7, 11) is 0. The molecule has 2 atom stereocenters. The van der Waals surface area contributed by atoms with Gasteiger partial charge < -0.3 is 4.90 Å². The summed E-state index contributed by atoms with van der Waals surface area (Å²) in [6.07, 6.45) is 5.75. The minimum Gasteiger partial charge on any atom is -0.301 e. The van der Waals surface area contributed by atoms with Crippen molar-refractivity contribution in [2.75, 3.05) is 13.1 Å². The molecule has 3 heteroatoms. The van der Waals surface area contributed by atoms with Crippen molar-refractivity contribution in [3.8, 4) is 6.07 Å². The molecule has 1 aliphatic rings. The topological polar surface area (TPSA) is 39.1 Å². The lowest BCUT2D eigenvalue weighted by molar-refractivity contribution is 0.186. The first-order valence-corrected chi connectivity index (χ1v) is 8.38. The van der Waals surface area contributed by atoms with Crippen molar-refractivity contribution in [3.63, 3.8) is 0 Å². The molecular weight excluding hydrogens is 246 g/mol. The van der Waals surface area contributed by atoms with Gasteiger partial charge in [0.05, 0.1) is 6.07 Å². The largest absolute Gasteiger partial charge is 0.301 e. The van der Waals surface area contributed by atoms with E-state index in [0.29, 0.717) is 18.0 Å². The summed E-state index contributed by atoms with van der Waals surface area (Å²) in [4.78, 5) is 2.55. The molecule has 0 bridgehead atoms. The van der Waals surface area contributed by atoms with Crippen LogP contribution in [0.4, 0.5) is 0 Å². The third-order valence-corrected chi connectivity index (χ3v) is 4.57. The first-order valence-electron chi connectivity index (χ1n) is 8.38. The maximum Gasteiger partial charge on any atom is 0.109 e. The van der Waals surface area contributed by atoms with Gasteiger partial charge >= 0.3 is 0 Å². The lowest BCUT2D eigenvalue weighted by Gasteiger charge is -2.34. The predicted molar refractivity (Wildman–Crippen MR) is 85.6 cm³/mol. The van der Waals surface area contributed by atoms with E-state index in [1.54, 1.807) is 0 Å². The highest BCUT2D eigenvalue weighted by Crippen LogP contribution is 2.38. The van der Waals surface area contributed by atoms with Crippen LogP contribution in [0.5, 0.6) is 0 Å². The molecule has 0 heterocycles. The normalized spacial score (nSPS) is 26.6. The smallest absolute Gasteiger partial charge is 0.109 e. The zero-order valence-electron chi connectivity index (χ0n) is 14.1. The molecule has 0 radical (unpaired) electrons. The maximum absolute atomic E-state index is 9.69. The average Bonchev–Trinajstić information content (AvgIpc) is 2.76. The molecule has 1 saturated carbocycles. The third-order valence-electron chi connectivity index (χ3n) is 4.57. The summed E-state index contributed by atoms with van der Waals surface area (Å²) in [6, 6.07) is 3.60. The van der Waals surface area contributed by atoms with E-state index in [4.69, 9.17) is 0 Å². The van der Waals surface area contributed by atoms with Gasteiger partial charge in [-0.1, -0.05) is 13.3 Å². The zero-order valence-corrected chi connectivity index (χ0v) is 14.1. The Morgan fingerprint density at radius 3 is 2.50 bits per heavy atom. The molecule has 0 aliphatic heterocycles. The molecule has 0 spiro atoms. The highest BCUT2D eigenvalue weighted by molar-refractivity contribution is 5.14. The van der Waals surface area contributed by atoms with E-state index in [-0.39, 0.29) is 5.54 Å². The molecule has 0 amide bonds. The molecule has 1 fully saturated rings. The van der Waals surface area contributed by atoms with Crippen LogP contribution in [0.15, 0.2) is 0 Å².